The number of rotatable bonds is 5. The second kappa shape index (κ2) is 6.42. The standard InChI is InChI=1S/C13H14N4O4/c18-10-7-8(12(19)20)1-2-9(10)17-13(21)16-4-3-11-14-5-6-15-11/h1-2,5-7,18H,3-4H2,(H,14,15)(H,19,20)(H2,16,17,21). The number of carbonyl (C=O) groups is 2. The maximum Gasteiger partial charge on any atom is 0.335 e. The van der Waals surface area contributed by atoms with E-state index in [4.69, 9.17) is 5.11 Å². The normalized spacial score (nSPS) is 10.1. The van der Waals surface area contributed by atoms with Crippen molar-refractivity contribution in [1.29, 1.82) is 0 Å². The molecule has 8 heteroatoms. The summed E-state index contributed by atoms with van der Waals surface area (Å²) in [6.45, 7) is 0.368. The van der Waals surface area contributed by atoms with Crippen molar-refractivity contribution < 1.29 is 19.8 Å². The highest BCUT2D eigenvalue weighted by molar-refractivity contribution is 5.93. The van der Waals surface area contributed by atoms with Crippen LogP contribution in [0.4, 0.5) is 10.5 Å². The number of aromatic nitrogens is 2. The van der Waals surface area contributed by atoms with Crippen molar-refractivity contribution in [2.75, 3.05) is 11.9 Å². The number of carboxylic acid groups (broad SMARTS) is 1. The smallest absolute Gasteiger partial charge is 0.335 e. The molecule has 1 heterocycles. The Hall–Kier alpha value is -3.03. The number of aromatic carboxylic acids is 1. The number of carbonyl (C=O) groups excluding carboxylic acids is 1. The Balaban J connectivity index is 1.86. The second-order valence-corrected chi connectivity index (χ2v) is 4.20. The number of amides is 2. The average Bonchev–Trinajstić information content (AvgIpc) is 2.94. The summed E-state index contributed by atoms with van der Waals surface area (Å²) in [5.74, 6) is -0.709. The summed E-state index contributed by atoms with van der Waals surface area (Å²) in [4.78, 5) is 29.3. The van der Waals surface area contributed by atoms with E-state index in [0.717, 1.165) is 11.9 Å². The van der Waals surface area contributed by atoms with Crippen LogP contribution in [0.25, 0.3) is 0 Å². The predicted octanol–water partition coefficient (Wildman–Crippen LogP) is 1.18. The first-order valence-corrected chi connectivity index (χ1v) is 6.15. The van der Waals surface area contributed by atoms with Crippen molar-refractivity contribution in [2.24, 2.45) is 0 Å². The van der Waals surface area contributed by atoms with Gasteiger partial charge in [0.25, 0.3) is 0 Å². The highest BCUT2D eigenvalue weighted by atomic mass is 16.4. The Labute approximate surface area is 119 Å². The van der Waals surface area contributed by atoms with E-state index in [2.05, 4.69) is 20.6 Å². The van der Waals surface area contributed by atoms with Gasteiger partial charge in [-0.25, -0.2) is 14.6 Å². The average molecular weight is 290 g/mol. The lowest BCUT2D eigenvalue weighted by molar-refractivity contribution is 0.0696. The molecular formula is C13H14N4O4. The molecule has 0 spiro atoms. The van der Waals surface area contributed by atoms with Crippen LogP contribution in [0.1, 0.15) is 16.2 Å². The molecule has 8 nitrogen and oxygen atoms in total. The number of nitrogens with one attached hydrogen (secondary N) is 3. The van der Waals surface area contributed by atoms with E-state index in [1.54, 1.807) is 12.4 Å². The van der Waals surface area contributed by atoms with E-state index in [1.165, 1.54) is 12.1 Å². The lowest BCUT2D eigenvalue weighted by atomic mass is 10.2. The van der Waals surface area contributed by atoms with E-state index in [0.29, 0.717) is 13.0 Å². The minimum atomic E-state index is -1.15. The first kappa shape index (κ1) is 14.4. The van der Waals surface area contributed by atoms with Crippen LogP contribution in [0.15, 0.2) is 30.6 Å². The fourth-order valence-electron chi connectivity index (χ4n) is 1.67. The summed E-state index contributed by atoms with van der Waals surface area (Å²) in [7, 11) is 0. The van der Waals surface area contributed by atoms with Gasteiger partial charge in [-0.1, -0.05) is 0 Å². The van der Waals surface area contributed by atoms with Gasteiger partial charge in [0.05, 0.1) is 11.3 Å². The summed E-state index contributed by atoms with van der Waals surface area (Å²) in [6, 6.07) is 3.19. The molecule has 0 bridgehead atoms. The maximum absolute atomic E-state index is 11.6. The van der Waals surface area contributed by atoms with Crippen LogP contribution in [0.2, 0.25) is 0 Å². The van der Waals surface area contributed by atoms with Crippen molar-refractivity contribution in [3.63, 3.8) is 0 Å². The molecule has 2 rings (SSSR count). The number of phenolic OH excluding ortho intramolecular Hbond substituents is 1. The highest BCUT2D eigenvalue weighted by Crippen LogP contribution is 2.24. The van der Waals surface area contributed by atoms with Crippen LogP contribution >= 0.6 is 0 Å². The van der Waals surface area contributed by atoms with Crippen LogP contribution in [0, 0.1) is 0 Å². The molecule has 0 saturated heterocycles. The van der Waals surface area contributed by atoms with Crippen LogP contribution in [0.3, 0.4) is 0 Å². The zero-order valence-electron chi connectivity index (χ0n) is 11.0. The molecule has 0 fully saturated rings. The van der Waals surface area contributed by atoms with Crippen LogP contribution in [0.5, 0.6) is 5.75 Å². The topological polar surface area (TPSA) is 127 Å². The molecule has 110 valence electrons. The zero-order valence-corrected chi connectivity index (χ0v) is 11.0. The van der Waals surface area contributed by atoms with Gasteiger partial charge in [-0.05, 0) is 18.2 Å². The largest absolute Gasteiger partial charge is 0.506 e. The monoisotopic (exact) mass is 290 g/mol. The molecule has 1 aromatic carbocycles. The molecule has 0 atom stereocenters. The predicted molar refractivity (Wildman–Crippen MR) is 74.4 cm³/mol. The van der Waals surface area contributed by atoms with Crippen molar-refractivity contribution in [2.45, 2.75) is 6.42 Å². The first-order valence-electron chi connectivity index (χ1n) is 6.15. The summed E-state index contributed by atoms with van der Waals surface area (Å²) >= 11 is 0. The van der Waals surface area contributed by atoms with Gasteiger partial charge < -0.3 is 25.8 Å². The molecule has 2 aromatic rings. The molecule has 0 aliphatic rings. The number of imidazole rings is 1. The maximum atomic E-state index is 11.6. The van der Waals surface area contributed by atoms with E-state index in [9.17, 15) is 14.7 Å². The van der Waals surface area contributed by atoms with Gasteiger partial charge in [0.2, 0.25) is 0 Å². The van der Waals surface area contributed by atoms with E-state index in [-0.39, 0.29) is 17.0 Å². The molecule has 1 aromatic heterocycles. The number of phenols is 1. The van der Waals surface area contributed by atoms with Crippen LogP contribution in [-0.2, 0) is 6.42 Å². The number of anilines is 1. The fraction of sp³-hybridized carbons (Fsp3) is 0.154. The third kappa shape index (κ3) is 3.96. The van der Waals surface area contributed by atoms with Crippen molar-refractivity contribution in [1.82, 2.24) is 15.3 Å². The summed E-state index contributed by atoms with van der Waals surface area (Å²) in [5, 5.41) is 23.4. The Kier molecular flexibility index (Phi) is 4.39. The summed E-state index contributed by atoms with van der Waals surface area (Å²) in [5.41, 5.74) is 0.0757. The van der Waals surface area contributed by atoms with Gasteiger partial charge in [0, 0.05) is 25.4 Å². The second-order valence-electron chi connectivity index (χ2n) is 4.20. The molecule has 5 N–H and O–H groups in total. The van der Waals surface area contributed by atoms with Gasteiger partial charge in [0.1, 0.15) is 11.6 Å². The Bertz CT molecular complexity index is 640. The lowest BCUT2D eigenvalue weighted by Crippen LogP contribution is -2.30. The third-order valence-corrected chi connectivity index (χ3v) is 2.70. The number of H-pyrrole nitrogens is 1. The van der Waals surface area contributed by atoms with E-state index < -0.39 is 12.0 Å². The van der Waals surface area contributed by atoms with Crippen molar-refractivity contribution in [3.8, 4) is 5.75 Å². The van der Waals surface area contributed by atoms with Crippen LogP contribution < -0.4 is 10.6 Å². The third-order valence-electron chi connectivity index (χ3n) is 2.70. The Morgan fingerprint density at radius 1 is 1.33 bits per heavy atom. The number of hydrogen-bond acceptors (Lipinski definition) is 4. The first-order chi connectivity index (χ1) is 10.1. The number of hydrogen-bond donors (Lipinski definition) is 5. The number of aromatic amines is 1. The molecule has 0 saturated carbocycles. The zero-order chi connectivity index (χ0) is 15.2. The van der Waals surface area contributed by atoms with E-state index >= 15 is 0 Å². The van der Waals surface area contributed by atoms with Gasteiger partial charge in [-0.15, -0.1) is 0 Å². The fourth-order valence-corrected chi connectivity index (χ4v) is 1.67. The molecular weight excluding hydrogens is 276 g/mol. The minimum Gasteiger partial charge on any atom is -0.506 e. The SMILES string of the molecule is O=C(NCCc1ncc[nH]1)Nc1ccc(C(=O)O)cc1O. The van der Waals surface area contributed by atoms with Crippen LogP contribution in [-0.4, -0.2) is 38.7 Å². The molecule has 0 aliphatic heterocycles. The number of carboxylic acids is 1. The molecule has 2 amide bonds. The summed E-state index contributed by atoms with van der Waals surface area (Å²) in [6.07, 6.45) is 3.86. The lowest BCUT2D eigenvalue weighted by Gasteiger charge is -2.09. The molecule has 0 radical (unpaired) electrons. The Morgan fingerprint density at radius 3 is 2.76 bits per heavy atom. The Morgan fingerprint density at radius 2 is 2.14 bits per heavy atom. The minimum absolute atomic E-state index is 0.0590. The van der Waals surface area contributed by atoms with Gasteiger partial charge >= 0.3 is 12.0 Å². The van der Waals surface area contributed by atoms with Gasteiger partial charge in [-0.2, -0.15) is 0 Å². The number of benzene rings is 1. The molecule has 21 heavy (non-hydrogen) atoms. The summed E-state index contributed by atoms with van der Waals surface area (Å²) < 4.78 is 0. The highest BCUT2D eigenvalue weighted by Gasteiger charge is 2.10. The number of aromatic hydroxyl groups is 1. The van der Waals surface area contributed by atoms with Gasteiger partial charge in [-0.3, -0.25) is 0 Å². The number of nitrogens with zero attached hydrogens (tertiary/aromatic N) is 1. The number of urea groups is 1. The molecule has 0 unspecified atom stereocenters. The molecule has 0 aliphatic carbocycles. The van der Waals surface area contributed by atoms with Gasteiger partial charge in [0.15, 0.2) is 0 Å². The van der Waals surface area contributed by atoms with E-state index in [1.807, 2.05) is 0 Å². The van der Waals surface area contributed by atoms with Crippen molar-refractivity contribution >= 4 is 17.7 Å². The quantitative estimate of drug-likeness (QED) is 0.528. The van der Waals surface area contributed by atoms with Crippen molar-refractivity contribution in [3.05, 3.63) is 42.0 Å².